The third-order valence-electron chi connectivity index (χ3n) is 2.30. The van der Waals surface area contributed by atoms with Gasteiger partial charge in [0, 0.05) is 0 Å². The van der Waals surface area contributed by atoms with E-state index in [9.17, 15) is 13.2 Å². The van der Waals surface area contributed by atoms with Crippen molar-refractivity contribution in [1.29, 1.82) is 0 Å². The zero-order valence-corrected chi connectivity index (χ0v) is 15.2. The Balaban J connectivity index is 3.15. The van der Waals surface area contributed by atoms with Crippen LogP contribution >= 0.6 is 43.2 Å². The average molecular weight is 435 g/mol. The lowest BCUT2D eigenvalue weighted by molar-refractivity contribution is -0.141. The van der Waals surface area contributed by atoms with Crippen molar-refractivity contribution in [3.63, 3.8) is 0 Å². The molecule has 1 rings (SSSR count). The van der Waals surface area contributed by atoms with Gasteiger partial charge in [0.05, 0.1) is 7.57 Å². The molecule has 0 radical (unpaired) electrons. The summed E-state index contributed by atoms with van der Waals surface area (Å²) in [5.74, 6) is -1.21. The van der Waals surface area contributed by atoms with Crippen LogP contribution in [0.25, 0.3) is 0 Å². The molecular weight excluding hydrogens is 422 g/mol. The number of thiophene rings is 1. The van der Waals surface area contributed by atoms with Gasteiger partial charge in [-0.15, -0.1) is 11.3 Å². The van der Waals surface area contributed by atoms with Gasteiger partial charge in [-0.25, -0.2) is 8.42 Å². The van der Waals surface area contributed by atoms with Crippen molar-refractivity contribution in [3.8, 4) is 0 Å². The second-order valence-electron chi connectivity index (χ2n) is 4.95. The van der Waals surface area contributed by atoms with Gasteiger partial charge in [-0.3, -0.25) is 4.79 Å². The molecule has 0 fully saturated rings. The van der Waals surface area contributed by atoms with E-state index in [0.29, 0.717) is 7.57 Å². The van der Waals surface area contributed by atoms with E-state index in [1.807, 2.05) is 0 Å². The molecule has 1 aromatic rings. The fourth-order valence-corrected chi connectivity index (χ4v) is 6.53. The monoisotopic (exact) mass is 433 g/mol. The number of nitrogens with one attached hydrogen (secondary N) is 1. The van der Waals surface area contributed by atoms with E-state index in [0.717, 1.165) is 0 Å². The second kappa shape index (κ2) is 5.80. The lowest BCUT2D eigenvalue weighted by atomic mass is 9.88. The molecule has 1 unspecified atom stereocenters. The van der Waals surface area contributed by atoms with Crippen LogP contribution in [-0.4, -0.2) is 25.5 Å². The van der Waals surface area contributed by atoms with E-state index in [-0.39, 0.29) is 4.90 Å². The zero-order chi connectivity index (χ0) is 15.0. The highest BCUT2D eigenvalue weighted by atomic mass is 79.9. The van der Waals surface area contributed by atoms with E-state index in [2.05, 4.69) is 36.6 Å². The van der Waals surface area contributed by atoms with Crippen molar-refractivity contribution >= 4 is 59.2 Å². The predicted molar refractivity (Wildman–Crippen MR) is 80.9 cm³/mol. The lowest BCUT2D eigenvalue weighted by Gasteiger charge is -2.27. The molecule has 1 aromatic heterocycles. The first-order valence-corrected chi connectivity index (χ1v) is 9.03. The molecule has 0 saturated heterocycles. The van der Waals surface area contributed by atoms with Crippen LogP contribution < -0.4 is 4.72 Å². The first-order valence-electron chi connectivity index (χ1n) is 5.15. The van der Waals surface area contributed by atoms with Gasteiger partial charge in [0.1, 0.15) is 10.9 Å². The maximum absolute atomic E-state index is 12.2. The number of hydrogen-bond donors (Lipinski definition) is 2. The highest BCUT2D eigenvalue weighted by Crippen LogP contribution is 2.35. The van der Waals surface area contributed by atoms with Gasteiger partial charge < -0.3 is 5.11 Å². The molecule has 0 aliphatic rings. The van der Waals surface area contributed by atoms with Gasteiger partial charge in [-0.1, -0.05) is 20.8 Å². The van der Waals surface area contributed by atoms with E-state index < -0.39 is 27.4 Å². The first kappa shape index (κ1) is 17.1. The standard InChI is InChI=1S/C10H13Br2NO4S2/c1-10(2,3)7(9(14)15)13-19(16,17)5-4-6(11)18-8(5)12/h4,7,13H,1-3H3,(H,14,15). The molecule has 0 amide bonds. The normalized spacial score (nSPS) is 14.4. The molecule has 2 N–H and O–H groups in total. The van der Waals surface area contributed by atoms with Gasteiger partial charge >= 0.3 is 5.97 Å². The summed E-state index contributed by atoms with van der Waals surface area (Å²) in [7, 11) is -3.89. The summed E-state index contributed by atoms with van der Waals surface area (Å²) in [5.41, 5.74) is -0.737. The van der Waals surface area contributed by atoms with Crippen molar-refractivity contribution in [2.75, 3.05) is 0 Å². The third kappa shape index (κ3) is 4.25. The van der Waals surface area contributed by atoms with Crippen molar-refractivity contribution in [2.45, 2.75) is 31.7 Å². The van der Waals surface area contributed by atoms with Gasteiger partial charge in [0.2, 0.25) is 10.0 Å². The Morgan fingerprint density at radius 3 is 2.26 bits per heavy atom. The molecule has 1 heterocycles. The van der Waals surface area contributed by atoms with Crippen LogP contribution in [0, 0.1) is 5.41 Å². The van der Waals surface area contributed by atoms with Crippen LogP contribution in [0.4, 0.5) is 0 Å². The number of hydrogen-bond acceptors (Lipinski definition) is 4. The third-order valence-corrected chi connectivity index (χ3v) is 6.48. The van der Waals surface area contributed by atoms with Crippen LogP contribution in [0.2, 0.25) is 0 Å². The Bertz CT molecular complexity index is 589. The molecule has 9 heteroatoms. The fraction of sp³-hybridized carbons (Fsp3) is 0.500. The number of carboxylic acids is 1. The molecule has 0 aromatic carbocycles. The molecule has 0 spiro atoms. The number of halogens is 2. The summed E-state index contributed by atoms with van der Waals surface area (Å²) in [6.45, 7) is 4.98. The minimum atomic E-state index is -3.89. The summed E-state index contributed by atoms with van der Waals surface area (Å²) >= 11 is 7.55. The minimum Gasteiger partial charge on any atom is -0.480 e. The maximum Gasteiger partial charge on any atom is 0.322 e. The Kier molecular flexibility index (Phi) is 5.22. The number of carboxylic acid groups (broad SMARTS) is 1. The molecule has 0 bridgehead atoms. The van der Waals surface area contributed by atoms with Crippen molar-refractivity contribution in [2.24, 2.45) is 5.41 Å². The van der Waals surface area contributed by atoms with Gasteiger partial charge in [-0.2, -0.15) is 4.72 Å². The van der Waals surface area contributed by atoms with Crippen LogP contribution in [0.3, 0.4) is 0 Å². The van der Waals surface area contributed by atoms with E-state index in [1.165, 1.54) is 17.4 Å². The van der Waals surface area contributed by atoms with E-state index >= 15 is 0 Å². The molecule has 5 nitrogen and oxygen atoms in total. The van der Waals surface area contributed by atoms with E-state index in [4.69, 9.17) is 5.11 Å². The number of rotatable bonds is 4. The fourth-order valence-electron chi connectivity index (χ4n) is 1.32. The zero-order valence-electron chi connectivity index (χ0n) is 10.4. The van der Waals surface area contributed by atoms with Crippen LogP contribution in [0.15, 0.2) is 18.5 Å². The summed E-state index contributed by atoms with van der Waals surface area (Å²) in [5, 5.41) is 9.15. The first-order chi connectivity index (χ1) is 8.45. The van der Waals surface area contributed by atoms with Gasteiger partial charge in [0.25, 0.3) is 0 Å². The Hall–Kier alpha value is 0.0400. The number of aliphatic carboxylic acids is 1. The lowest BCUT2D eigenvalue weighted by Crippen LogP contribution is -2.48. The van der Waals surface area contributed by atoms with Crippen LogP contribution in [0.1, 0.15) is 20.8 Å². The molecule has 19 heavy (non-hydrogen) atoms. The molecule has 1 atom stereocenters. The van der Waals surface area contributed by atoms with Crippen molar-refractivity contribution < 1.29 is 18.3 Å². The Morgan fingerprint density at radius 2 is 1.95 bits per heavy atom. The molecule has 0 aliphatic heterocycles. The summed E-state index contributed by atoms with van der Waals surface area (Å²) < 4.78 is 27.7. The smallest absolute Gasteiger partial charge is 0.322 e. The quantitative estimate of drug-likeness (QED) is 0.762. The van der Waals surface area contributed by atoms with Gasteiger partial charge in [-0.05, 0) is 43.3 Å². The Morgan fingerprint density at radius 1 is 1.42 bits per heavy atom. The summed E-state index contributed by atoms with van der Waals surface area (Å²) in [4.78, 5) is 11.2. The van der Waals surface area contributed by atoms with Crippen LogP contribution in [0.5, 0.6) is 0 Å². The second-order valence-corrected chi connectivity index (χ2v) is 10.4. The minimum absolute atomic E-state index is 0.0277. The van der Waals surface area contributed by atoms with Gasteiger partial charge in [0.15, 0.2) is 0 Å². The Labute approximate surface area is 132 Å². The molecular formula is C10H13Br2NO4S2. The number of carbonyl (C=O) groups is 1. The topological polar surface area (TPSA) is 83.5 Å². The predicted octanol–water partition coefficient (Wildman–Crippen LogP) is 3.05. The highest BCUT2D eigenvalue weighted by Gasteiger charge is 2.36. The highest BCUT2D eigenvalue weighted by molar-refractivity contribution is 9.12. The number of sulfonamides is 1. The summed E-state index contributed by atoms with van der Waals surface area (Å²) in [6.07, 6.45) is 0. The van der Waals surface area contributed by atoms with Crippen molar-refractivity contribution in [1.82, 2.24) is 4.72 Å². The molecule has 108 valence electrons. The van der Waals surface area contributed by atoms with E-state index in [1.54, 1.807) is 20.8 Å². The maximum atomic E-state index is 12.2. The molecule has 0 saturated carbocycles. The van der Waals surface area contributed by atoms with Crippen molar-refractivity contribution in [3.05, 3.63) is 13.6 Å². The van der Waals surface area contributed by atoms with Crippen LogP contribution in [-0.2, 0) is 14.8 Å². The summed E-state index contributed by atoms with van der Waals surface area (Å²) in [6, 6.07) is 0.224. The SMILES string of the molecule is CC(C)(C)C(NS(=O)(=O)c1cc(Br)sc1Br)C(=O)O. The average Bonchev–Trinajstić information content (AvgIpc) is 2.53. The largest absolute Gasteiger partial charge is 0.480 e. The molecule has 0 aliphatic carbocycles.